The molecule has 7 heteroatoms. The van der Waals surface area contributed by atoms with Gasteiger partial charge in [-0.25, -0.2) is 0 Å². The maximum Gasteiger partial charge on any atom is 0.274 e. The number of benzene rings is 2. The number of methoxy groups -OCH3 is 3. The highest BCUT2D eigenvalue weighted by atomic mass is 16.5. The minimum absolute atomic E-state index is 0.280. The Morgan fingerprint density at radius 1 is 0.821 bits per heavy atom. The zero-order valence-corrected chi connectivity index (χ0v) is 15.9. The molecule has 0 atom stereocenters. The summed E-state index contributed by atoms with van der Waals surface area (Å²) in [6.07, 6.45) is 1.58. The Morgan fingerprint density at radius 2 is 1.61 bits per heavy atom. The minimum Gasteiger partial charge on any atom is -0.497 e. The summed E-state index contributed by atoms with van der Waals surface area (Å²) in [7, 11) is 4.71. The standard InChI is InChI=1S/C21H21N3O4/c1-26-17-6-4-5-14(11-17)23-16-9-10-22-18(12-16)21(25)24-15-7-8-19(27-2)20(13-15)28-3/h4-13H,1-3H3,(H,22,23)(H,24,25). The van der Waals surface area contributed by atoms with Crippen LogP contribution in [0.4, 0.5) is 17.1 Å². The molecule has 3 rings (SSSR count). The molecule has 3 aromatic rings. The third-order valence-corrected chi connectivity index (χ3v) is 3.99. The van der Waals surface area contributed by atoms with E-state index in [9.17, 15) is 4.79 Å². The van der Waals surface area contributed by atoms with Crippen molar-refractivity contribution in [1.29, 1.82) is 0 Å². The van der Waals surface area contributed by atoms with E-state index in [1.54, 1.807) is 57.9 Å². The van der Waals surface area contributed by atoms with Crippen LogP contribution in [0.15, 0.2) is 60.8 Å². The lowest BCUT2D eigenvalue weighted by molar-refractivity contribution is 0.102. The van der Waals surface area contributed by atoms with Crippen molar-refractivity contribution in [3.8, 4) is 17.2 Å². The third-order valence-electron chi connectivity index (χ3n) is 3.99. The summed E-state index contributed by atoms with van der Waals surface area (Å²) in [5.41, 5.74) is 2.44. The minimum atomic E-state index is -0.332. The Balaban J connectivity index is 1.75. The fourth-order valence-corrected chi connectivity index (χ4v) is 2.61. The van der Waals surface area contributed by atoms with Gasteiger partial charge in [-0.05, 0) is 36.4 Å². The lowest BCUT2D eigenvalue weighted by Crippen LogP contribution is -2.14. The quantitative estimate of drug-likeness (QED) is 0.643. The molecule has 0 spiro atoms. The molecule has 1 aromatic heterocycles. The van der Waals surface area contributed by atoms with Crippen LogP contribution < -0.4 is 24.8 Å². The summed E-state index contributed by atoms with van der Waals surface area (Å²) >= 11 is 0. The zero-order valence-electron chi connectivity index (χ0n) is 15.9. The van der Waals surface area contributed by atoms with E-state index in [-0.39, 0.29) is 11.6 Å². The van der Waals surface area contributed by atoms with Gasteiger partial charge in [0.25, 0.3) is 5.91 Å². The van der Waals surface area contributed by atoms with Crippen molar-refractivity contribution < 1.29 is 19.0 Å². The molecular weight excluding hydrogens is 358 g/mol. The molecule has 0 saturated carbocycles. The average molecular weight is 379 g/mol. The van der Waals surface area contributed by atoms with E-state index >= 15 is 0 Å². The molecule has 0 aliphatic rings. The molecule has 0 aliphatic heterocycles. The van der Waals surface area contributed by atoms with Gasteiger partial charge in [-0.3, -0.25) is 9.78 Å². The number of carbonyl (C=O) groups excluding carboxylic acids is 1. The topological polar surface area (TPSA) is 81.7 Å². The first kappa shape index (κ1) is 19.0. The number of hydrogen-bond acceptors (Lipinski definition) is 6. The second kappa shape index (κ2) is 8.77. The van der Waals surface area contributed by atoms with Crippen LogP contribution in [0.1, 0.15) is 10.5 Å². The van der Waals surface area contributed by atoms with E-state index in [1.807, 2.05) is 24.3 Å². The van der Waals surface area contributed by atoms with Crippen LogP contribution in [0.2, 0.25) is 0 Å². The summed E-state index contributed by atoms with van der Waals surface area (Å²) < 4.78 is 15.7. The number of nitrogens with zero attached hydrogens (tertiary/aromatic N) is 1. The number of hydrogen-bond donors (Lipinski definition) is 2. The fourth-order valence-electron chi connectivity index (χ4n) is 2.61. The predicted molar refractivity (Wildman–Crippen MR) is 108 cm³/mol. The van der Waals surface area contributed by atoms with E-state index in [2.05, 4.69) is 15.6 Å². The van der Waals surface area contributed by atoms with Gasteiger partial charge >= 0.3 is 0 Å². The van der Waals surface area contributed by atoms with Gasteiger partial charge in [0.05, 0.1) is 21.3 Å². The van der Waals surface area contributed by atoms with Gasteiger partial charge < -0.3 is 24.8 Å². The molecule has 0 unspecified atom stereocenters. The monoisotopic (exact) mass is 379 g/mol. The fraction of sp³-hybridized carbons (Fsp3) is 0.143. The van der Waals surface area contributed by atoms with Crippen LogP contribution in [-0.2, 0) is 0 Å². The lowest BCUT2D eigenvalue weighted by atomic mass is 10.2. The third kappa shape index (κ3) is 4.50. The summed E-state index contributed by atoms with van der Waals surface area (Å²) in [5, 5.41) is 6.04. The number of pyridine rings is 1. The molecule has 0 saturated heterocycles. The van der Waals surface area contributed by atoms with Crippen molar-refractivity contribution in [2.24, 2.45) is 0 Å². The zero-order chi connectivity index (χ0) is 19.9. The van der Waals surface area contributed by atoms with Crippen molar-refractivity contribution in [2.45, 2.75) is 0 Å². The summed E-state index contributed by atoms with van der Waals surface area (Å²) in [4.78, 5) is 16.7. The smallest absolute Gasteiger partial charge is 0.274 e. The highest BCUT2D eigenvalue weighted by Crippen LogP contribution is 2.30. The van der Waals surface area contributed by atoms with Crippen LogP contribution in [-0.4, -0.2) is 32.2 Å². The number of anilines is 3. The normalized spacial score (nSPS) is 10.1. The van der Waals surface area contributed by atoms with E-state index in [1.165, 1.54) is 0 Å². The van der Waals surface area contributed by atoms with Gasteiger partial charge in [-0.15, -0.1) is 0 Å². The van der Waals surface area contributed by atoms with Gasteiger partial charge in [0.2, 0.25) is 0 Å². The maximum absolute atomic E-state index is 12.6. The SMILES string of the molecule is COc1cccc(Nc2ccnc(C(=O)Nc3ccc(OC)c(OC)c3)c2)c1. The number of ether oxygens (including phenoxy) is 3. The molecule has 0 aliphatic carbocycles. The van der Waals surface area contributed by atoms with E-state index in [4.69, 9.17) is 14.2 Å². The average Bonchev–Trinajstić information content (AvgIpc) is 2.74. The van der Waals surface area contributed by atoms with Gasteiger partial charge in [0.15, 0.2) is 11.5 Å². The van der Waals surface area contributed by atoms with Crippen LogP contribution in [0.25, 0.3) is 0 Å². The van der Waals surface area contributed by atoms with Crippen molar-refractivity contribution in [1.82, 2.24) is 4.98 Å². The molecular formula is C21H21N3O4. The Labute approximate surface area is 163 Å². The van der Waals surface area contributed by atoms with Crippen LogP contribution >= 0.6 is 0 Å². The second-order valence-electron chi connectivity index (χ2n) is 5.81. The molecule has 1 heterocycles. The summed E-state index contributed by atoms with van der Waals surface area (Å²) in [6.45, 7) is 0. The molecule has 0 radical (unpaired) electrons. The lowest BCUT2D eigenvalue weighted by Gasteiger charge is -2.11. The largest absolute Gasteiger partial charge is 0.497 e. The Morgan fingerprint density at radius 3 is 2.36 bits per heavy atom. The van der Waals surface area contributed by atoms with E-state index in [0.29, 0.717) is 17.2 Å². The number of carbonyl (C=O) groups is 1. The first-order valence-corrected chi connectivity index (χ1v) is 8.53. The predicted octanol–water partition coefficient (Wildman–Crippen LogP) is 4.10. The van der Waals surface area contributed by atoms with Crippen molar-refractivity contribution in [3.63, 3.8) is 0 Å². The van der Waals surface area contributed by atoms with Gasteiger partial charge in [0, 0.05) is 35.4 Å². The molecule has 0 fully saturated rings. The molecule has 2 N–H and O–H groups in total. The molecule has 1 amide bonds. The molecule has 28 heavy (non-hydrogen) atoms. The van der Waals surface area contributed by atoms with Crippen molar-refractivity contribution in [3.05, 3.63) is 66.5 Å². The Hall–Kier alpha value is -3.74. The van der Waals surface area contributed by atoms with Gasteiger partial charge in [-0.2, -0.15) is 0 Å². The van der Waals surface area contributed by atoms with Gasteiger partial charge in [-0.1, -0.05) is 6.07 Å². The summed E-state index contributed by atoms with van der Waals surface area (Å²) in [6, 6.07) is 16.1. The number of amides is 1. The van der Waals surface area contributed by atoms with E-state index < -0.39 is 0 Å². The Kier molecular flexibility index (Phi) is 5.96. The van der Waals surface area contributed by atoms with Crippen molar-refractivity contribution in [2.75, 3.05) is 32.0 Å². The maximum atomic E-state index is 12.6. The summed E-state index contributed by atoms with van der Waals surface area (Å²) in [5.74, 6) is 1.52. The van der Waals surface area contributed by atoms with Crippen LogP contribution in [0.5, 0.6) is 17.2 Å². The van der Waals surface area contributed by atoms with E-state index in [0.717, 1.165) is 17.1 Å². The number of nitrogens with one attached hydrogen (secondary N) is 2. The molecule has 144 valence electrons. The highest BCUT2D eigenvalue weighted by molar-refractivity contribution is 6.03. The molecule has 2 aromatic carbocycles. The van der Waals surface area contributed by atoms with Crippen LogP contribution in [0, 0.1) is 0 Å². The highest BCUT2D eigenvalue weighted by Gasteiger charge is 2.11. The van der Waals surface area contributed by atoms with Gasteiger partial charge in [0.1, 0.15) is 11.4 Å². The van der Waals surface area contributed by atoms with Crippen LogP contribution in [0.3, 0.4) is 0 Å². The number of aromatic nitrogens is 1. The molecule has 0 bridgehead atoms. The first-order chi connectivity index (χ1) is 13.6. The second-order valence-corrected chi connectivity index (χ2v) is 5.81. The molecule has 7 nitrogen and oxygen atoms in total. The Bertz CT molecular complexity index is 975. The first-order valence-electron chi connectivity index (χ1n) is 8.53. The van der Waals surface area contributed by atoms with Crippen molar-refractivity contribution >= 4 is 23.0 Å². The number of rotatable bonds is 7.